The Labute approximate surface area is 172 Å². The molecular formula is C20H23FN2O5S. The lowest BCUT2D eigenvalue weighted by Crippen LogP contribution is -2.29. The minimum atomic E-state index is -0.807. The number of thioether (sulfide) groups is 1. The van der Waals surface area contributed by atoms with Gasteiger partial charge in [0.25, 0.3) is 5.56 Å². The van der Waals surface area contributed by atoms with Crippen molar-refractivity contribution in [2.45, 2.75) is 50.8 Å². The fraction of sp³-hybridized carbons (Fsp3) is 0.400. The van der Waals surface area contributed by atoms with Crippen molar-refractivity contribution in [3.63, 3.8) is 0 Å². The number of nitrogens with zero attached hydrogens (tertiary/aromatic N) is 2. The minimum absolute atomic E-state index is 0.103. The van der Waals surface area contributed by atoms with Crippen LogP contribution in [-0.2, 0) is 26.6 Å². The summed E-state index contributed by atoms with van der Waals surface area (Å²) < 4.78 is 24.7. The van der Waals surface area contributed by atoms with Gasteiger partial charge in [-0.05, 0) is 45.4 Å². The first kappa shape index (κ1) is 22.6. The van der Waals surface area contributed by atoms with E-state index in [1.807, 2.05) is 0 Å². The number of carbonyl (C=O) groups excluding carboxylic acids is 2. The van der Waals surface area contributed by atoms with Crippen molar-refractivity contribution in [3.05, 3.63) is 57.8 Å². The Balaban J connectivity index is 2.32. The third-order valence-corrected chi connectivity index (χ3v) is 4.52. The lowest BCUT2D eigenvalue weighted by atomic mass is 10.2. The Morgan fingerprint density at radius 3 is 2.45 bits per heavy atom. The Kier molecular flexibility index (Phi) is 7.55. The average Bonchev–Trinajstić information content (AvgIpc) is 2.61. The Morgan fingerprint density at radius 2 is 1.86 bits per heavy atom. The fourth-order valence-electron chi connectivity index (χ4n) is 2.30. The van der Waals surface area contributed by atoms with Crippen LogP contribution in [0.15, 0.2) is 40.4 Å². The molecule has 0 saturated heterocycles. The van der Waals surface area contributed by atoms with E-state index >= 15 is 0 Å². The lowest BCUT2D eigenvalue weighted by molar-refractivity contribution is -0.155. The molecule has 0 aliphatic rings. The van der Waals surface area contributed by atoms with E-state index in [4.69, 9.17) is 9.47 Å². The lowest BCUT2D eigenvalue weighted by Gasteiger charge is -2.20. The average molecular weight is 422 g/mol. The summed E-state index contributed by atoms with van der Waals surface area (Å²) in [6.07, 6.45) is 1.25. The molecule has 0 unspecified atom stereocenters. The van der Waals surface area contributed by atoms with Crippen LogP contribution in [-0.4, -0.2) is 33.7 Å². The van der Waals surface area contributed by atoms with Gasteiger partial charge in [-0.2, -0.15) is 4.98 Å². The second-order valence-corrected chi connectivity index (χ2v) is 8.03. The summed E-state index contributed by atoms with van der Waals surface area (Å²) >= 11 is 1.18. The fourth-order valence-corrected chi connectivity index (χ4v) is 3.22. The number of hydrogen-bond acceptors (Lipinski definition) is 7. The predicted octanol–water partition coefficient (Wildman–Crippen LogP) is 3.19. The van der Waals surface area contributed by atoms with Gasteiger partial charge in [0, 0.05) is 11.9 Å². The third kappa shape index (κ3) is 7.01. The largest absolute Gasteiger partial charge is 0.462 e. The molecule has 0 saturated carbocycles. The van der Waals surface area contributed by atoms with E-state index in [2.05, 4.69) is 4.98 Å². The summed E-state index contributed by atoms with van der Waals surface area (Å²) in [6.45, 7) is 6.71. The van der Waals surface area contributed by atoms with Crippen LogP contribution in [0, 0.1) is 5.82 Å². The van der Waals surface area contributed by atoms with E-state index in [0.29, 0.717) is 5.75 Å². The number of aromatic nitrogens is 2. The van der Waals surface area contributed by atoms with Gasteiger partial charge in [0.1, 0.15) is 23.5 Å². The maximum atomic E-state index is 13.1. The van der Waals surface area contributed by atoms with Crippen molar-refractivity contribution in [2.24, 2.45) is 0 Å². The highest BCUT2D eigenvalue weighted by Gasteiger charge is 2.21. The van der Waals surface area contributed by atoms with E-state index in [9.17, 15) is 18.8 Å². The molecule has 1 aromatic heterocycles. The van der Waals surface area contributed by atoms with Gasteiger partial charge in [0.05, 0.1) is 6.61 Å². The molecule has 29 heavy (non-hydrogen) atoms. The normalized spacial score (nSPS) is 11.2. The molecule has 0 radical (unpaired) electrons. The van der Waals surface area contributed by atoms with Gasteiger partial charge in [-0.15, -0.1) is 0 Å². The zero-order valence-electron chi connectivity index (χ0n) is 16.7. The van der Waals surface area contributed by atoms with Gasteiger partial charge in [0.15, 0.2) is 5.16 Å². The van der Waals surface area contributed by atoms with Gasteiger partial charge in [-0.1, -0.05) is 23.9 Å². The van der Waals surface area contributed by atoms with Crippen LogP contribution < -0.4 is 5.56 Å². The van der Waals surface area contributed by atoms with Crippen LogP contribution in [0.25, 0.3) is 0 Å². The summed E-state index contributed by atoms with van der Waals surface area (Å²) in [5.41, 5.74) is -0.884. The first-order valence-corrected chi connectivity index (χ1v) is 9.95. The predicted molar refractivity (Wildman–Crippen MR) is 106 cm³/mol. The van der Waals surface area contributed by atoms with Crippen LogP contribution in [0.4, 0.5) is 4.39 Å². The highest BCUT2D eigenvalue weighted by atomic mass is 32.2. The zero-order valence-corrected chi connectivity index (χ0v) is 17.5. The molecule has 1 heterocycles. The molecular weight excluding hydrogens is 399 g/mol. The second-order valence-electron chi connectivity index (χ2n) is 7.09. The number of rotatable bonds is 7. The van der Waals surface area contributed by atoms with Gasteiger partial charge in [0.2, 0.25) is 0 Å². The van der Waals surface area contributed by atoms with Crippen molar-refractivity contribution >= 4 is 23.7 Å². The van der Waals surface area contributed by atoms with Crippen LogP contribution in [0.3, 0.4) is 0 Å². The number of benzene rings is 1. The monoisotopic (exact) mass is 422 g/mol. The van der Waals surface area contributed by atoms with Crippen molar-refractivity contribution in [1.82, 2.24) is 9.55 Å². The standard InChI is InChI=1S/C20H23FN2O5S/c1-5-27-18(26)15-10-23(11-16(24)28-20(2,3)4)19(22-17(15)25)29-12-13-6-8-14(21)9-7-13/h6-10H,5,11-12H2,1-4H3. The zero-order chi connectivity index (χ0) is 21.6. The topological polar surface area (TPSA) is 87.5 Å². The molecule has 0 spiro atoms. The SMILES string of the molecule is CCOC(=O)c1cn(CC(=O)OC(C)(C)C)c(SCc2ccc(F)cc2)nc1=O. The Hall–Kier alpha value is -2.68. The highest BCUT2D eigenvalue weighted by Crippen LogP contribution is 2.21. The van der Waals surface area contributed by atoms with Gasteiger partial charge in [-0.25, -0.2) is 9.18 Å². The number of hydrogen-bond donors (Lipinski definition) is 0. The van der Waals surface area contributed by atoms with Gasteiger partial charge in [-0.3, -0.25) is 9.59 Å². The maximum Gasteiger partial charge on any atom is 0.345 e. The second kappa shape index (κ2) is 9.69. The summed E-state index contributed by atoms with van der Waals surface area (Å²) in [6, 6.07) is 5.90. The van der Waals surface area contributed by atoms with E-state index in [-0.39, 0.29) is 29.7 Å². The minimum Gasteiger partial charge on any atom is -0.462 e. The van der Waals surface area contributed by atoms with E-state index < -0.39 is 23.1 Å². The van der Waals surface area contributed by atoms with Crippen molar-refractivity contribution in [1.29, 1.82) is 0 Å². The summed E-state index contributed by atoms with van der Waals surface area (Å²) in [5.74, 6) is -1.31. The molecule has 0 fully saturated rings. The number of carbonyl (C=O) groups is 2. The van der Waals surface area contributed by atoms with Gasteiger partial charge >= 0.3 is 11.9 Å². The molecule has 0 aliphatic heterocycles. The molecule has 2 rings (SSSR count). The molecule has 0 amide bonds. The Bertz CT molecular complexity index is 935. The van der Waals surface area contributed by atoms with Crippen molar-refractivity contribution in [2.75, 3.05) is 6.61 Å². The summed E-state index contributed by atoms with van der Waals surface area (Å²) in [4.78, 5) is 40.5. The number of halogens is 1. The number of esters is 2. The van der Waals surface area contributed by atoms with E-state index in [0.717, 1.165) is 5.56 Å². The van der Waals surface area contributed by atoms with Crippen LogP contribution >= 0.6 is 11.8 Å². The van der Waals surface area contributed by atoms with Crippen LogP contribution in [0.5, 0.6) is 0 Å². The van der Waals surface area contributed by atoms with Crippen molar-refractivity contribution < 1.29 is 23.5 Å². The molecule has 156 valence electrons. The molecule has 0 bridgehead atoms. The Morgan fingerprint density at radius 1 is 1.21 bits per heavy atom. The quantitative estimate of drug-likeness (QED) is 0.385. The maximum absolute atomic E-state index is 13.1. The van der Waals surface area contributed by atoms with Crippen LogP contribution in [0.1, 0.15) is 43.6 Å². The summed E-state index contributed by atoms with van der Waals surface area (Å²) in [7, 11) is 0. The molecule has 1 aromatic carbocycles. The molecule has 0 atom stereocenters. The van der Waals surface area contributed by atoms with E-state index in [1.54, 1.807) is 39.8 Å². The first-order valence-electron chi connectivity index (χ1n) is 8.96. The third-order valence-electron chi connectivity index (χ3n) is 3.45. The molecule has 9 heteroatoms. The highest BCUT2D eigenvalue weighted by molar-refractivity contribution is 7.98. The molecule has 0 aliphatic carbocycles. The molecule has 2 aromatic rings. The number of ether oxygens (including phenoxy) is 2. The molecule has 7 nitrogen and oxygen atoms in total. The summed E-state index contributed by atoms with van der Waals surface area (Å²) in [5, 5.41) is 0.234. The first-order chi connectivity index (χ1) is 13.6. The smallest absolute Gasteiger partial charge is 0.345 e. The van der Waals surface area contributed by atoms with E-state index in [1.165, 1.54) is 34.7 Å². The van der Waals surface area contributed by atoms with Crippen molar-refractivity contribution in [3.8, 4) is 0 Å². The van der Waals surface area contributed by atoms with Crippen LogP contribution in [0.2, 0.25) is 0 Å². The molecule has 0 N–H and O–H groups in total. The van der Waals surface area contributed by atoms with Gasteiger partial charge < -0.3 is 14.0 Å².